The van der Waals surface area contributed by atoms with E-state index in [9.17, 15) is 9.59 Å². The van der Waals surface area contributed by atoms with Gasteiger partial charge in [0.2, 0.25) is 0 Å². The van der Waals surface area contributed by atoms with Crippen LogP contribution in [0.1, 0.15) is 12.2 Å². The number of amides is 1. The summed E-state index contributed by atoms with van der Waals surface area (Å²) in [5.74, 6) is 0.136. The second kappa shape index (κ2) is 7.19. The van der Waals surface area contributed by atoms with Crippen molar-refractivity contribution in [1.29, 1.82) is 0 Å². The molecule has 1 aromatic carbocycles. The molecule has 1 aliphatic rings. The Bertz CT molecular complexity index is 785. The smallest absolute Gasteiger partial charge is 0.305 e. The summed E-state index contributed by atoms with van der Waals surface area (Å²) < 4.78 is 5.39. The summed E-state index contributed by atoms with van der Waals surface area (Å²) in [6.45, 7) is 0.139. The number of nitrogens with zero attached hydrogens (tertiary/aromatic N) is 1. The molecule has 1 saturated heterocycles. The molecular formula is C17H15NO4S2. The van der Waals surface area contributed by atoms with Gasteiger partial charge in [-0.2, -0.15) is 0 Å². The lowest BCUT2D eigenvalue weighted by Gasteiger charge is -2.17. The van der Waals surface area contributed by atoms with Crippen LogP contribution in [-0.2, 0) is 9.59 Å². The number of rotatable bonds is 5. The second-order valence-electron chi connectivity index (χ2n) is 5.16. The van der Waals surface area contributed by atoms with E-state index < -0.39 is 5.97 Å². The van der Waals surface area contributed by atoms with Gasteiger partial charge in [0.25, 0.3) is 5.91 Å². The van der Waals surface area contributed by atoms with Gasteiger partial charge in [0.05, 0.1) is 11.3 Å². The molecule has 1 aromatic heterocycles. The molecule has 0 bridgehead atoms. The van der Waals surface area contributed by atoms with Gasteiger partial charge in [-0.15, -0.1) is 12.6 Å². The molecular weight excluding hydrogens is 346 g/mol. The van der Waals surface area contributed by atoms with Crippen molar-refractivity contribution in [1.82, 2.24) is 4.90 Å². The summed E-state index contributed by atoms with van der Waals surface area (Å²) in [6.07, 6.45) is 1.57. The number of hydrogen-bond acceptors (Lipinski definition) is 5. The number of furan rings is 1. The van der Waals surface area contributed by atoms with Crippen LogP contribution in [0.4, 0.5) is 0 Å². The van der Waals surface area contributed by atoms with Gasteiger partial charge in [-0.25, -0.2) is 0 Å². The Morgan fingerprint density at radius 2 is 2.04 bits per heavy atom. The Morgan fingerprint density at radius 1 is 1.29 bits per heavy atom. The Hall–Kier alpha value is -2.12. The molecule has 0 spiro atoms. The van der Waals surface area contributed by atoms with E-state index in [0.29, 0.717) is 10.7 Å². The van der Waals surface area contributed by atoms with E-state index >= 15 is 0 Å². The molecule has 1 amide bonds. The highest BCUT2D eigenvalue weighted by Gasteiger charge is 2.34. The SMILES string of the molecule is O=C(O)CCN1C(=O)/C(=C/c2ccc(-c3ccccc3)o2)SC1S. The number of hydrogen-bond donors (Lipinski definition) is 2. The summed E-state index contributed by atoms with van der Waals surface area (Å²) in [7, 11) is 0. The van der Waals surface area contributed by atoms with E-state index in [1.807, 2.05) is 36.4 Å². The minimum absolute atomic E-state index is 0.102. The molecule has 2 heterocycles. The van der Waals surface area contributed by atoms with Crippen molar-refractivity contribution in [3.05, 3.63) is 53.1 Å². The fourth-order valence-electron chi connectivity index (χ4n) is 2.31. The molecule has 24 heavy (non-hydrogen) atoms. The summed E-state index contributed by atoms with van der Waals surface area (Å²) >= 11 is 5.62. The highest BCUT2D eigenvalue weighted by molar-refractivity contribution is 8.14. The van der Waals surface area contributed by atoms with E-state index in [1.165, 1.54) is 16.7 Å². The van der Waals surface area contributed by atoms with E-state index in [1.54, 1.807) is 12.1 Å². The van der Waals surface area contributed by atoms with E-state index in [0.717, 1.165) is 11.3 Å². The molecule has 124 valence electrons. The van der Waals surface area contributed by atoms with Crippen LogP contribution in [0.15, 0.2) is 51.8 Å². The number of thiol groups is 1. The van der Waals surface area contributed by atoms with Crippen molar-refractivity contribution in [3.63, 3.8) is 0 Å². The summed E-state index contributed by atoms with van der Waals surface area (Å²) in [5, 5.41) is 8.76. The Kier molecular flexibility index (Phi) is 5.01. The topological polar surface area (TPSA) is 70.8 Å². The van der Waals surface area contributed by atoms with Gasteiger partial charge in [-0.05, 0) is 12.1 Å². The van der Waals surface area contributed by atoms with Crippen molar-refractivity contribution >= 4 is 42.3 Å². The molecule has 1 atom stereocenters. The predicted octanol–water partition coefficient (Wildman–Crippen LogP) is 3.55. The van der Waals surface area contributed by atoms with Crippen LogP contribution < -0.4 is 0 Å². The van der Waals surface area contributed by atoms with Crippen molar-refractivity contribution in [3.8, 4) is 11.3 Å². The molecule has 3 rings (SSSR count). The Balaban J connectivity index is 1.76. The maximum absolute atomic E-state index is 12.4. The van der Waals surface area contributed by atoms with Crippen LogP contribution in [0.3, 0.4) is 0 Å². The molecule has 0 aliphatic carbocycles. The van der Waals surface area contributed by atoms with Crippen molar-refractivity contribution in [2.75, 3.05) is 6.54 Å². The zero-order valence-corrected chi connectivity index (χ0v) is 14.3. The van der Waals surface area contributed by atoms with E-state index in [4.69, 9.17) is 9.52 Å². The van der Waals surface area contributed by atoms with Gasteiger partial charge >= 0.3 is 5.97 Å². The van der Waals surface area contributed by atoms with Crippen LogP contribution in [0, 0.1) is 0 Å². The number of carbonyl (C=O) groups is 2. The first-order chi connectivity index (χ1) is 11.5. The van der Waals surface area contributed by atoms with Gasteiger partial charge in [-0.1, -0.05) is 42.1 Å². The number of aliphatic carboxylic acids is 1. The fraction of sp³-hybridized carbons (Fsp3) is 0.176. The number of carboxylic acid groups (broad SMARTS) is 1. The lowest BCUT2D eigenvalue weighted by Crippen LogP contribution is -2.31. The Labute approximate surface area is 148 Å². The maximum Gasteiger partial charge on any atom is 0.305 e. The molecule has 5 nitrogen and oxygen atoms in total. The van der Waals surface area contributed by atoms with Gasteiger partial charge in [0, 0.05) is 18.2 Å². The molecule has 1 fully saturated rings. The highest BCUT2D eigenvalue weighted by atomic mass is 32.2. The first-order valence-corrected chi connectivity index (χ1v) is 8.68. The lowest BCUT2D eigenvalue weighted by atomic mass is 10.2. The molecule has 1 N–H and O–H groups in total. The van der Waals surface area contributed by atoms with Crippen molar-refractivity contribution < 1.29 is 19.1 Å². The number of benzene rings is 1. The van der Waals surface area contributed by atoms with Crippen LogP contribution in [0.2, 0.25) is 0 Å². The zero-order valence-electron chi connectivity index (χ0n) is 12.6. The zero-order chi connectivity index (χ0) is 17.1. The second-order valence-corrected chi connectivity index (χ2v) is 7.12. The predicted molar refractivity (Wildman–Crippen MR) is 96.5 cm³/mol. The minimum atomic E-state index is -0.940. The summed E-state index contributed by atoms with van der Waals surface area (Å²) in [6, 6.07) is 13.3. The van der Waals surface area contributed by atoms with Gasteiger partial charge in [0.1, 0.15) is 16.2 Å². The van der Waals surface area contributed by atoms with Crippen molar-refractivity contribution in [2.24, 2.45) is 0 Å². The van der Waals surface area contributed by atoms with Gasteiger partial charge < -0.3 is 14.4 Å². The monoisotopic (exact) mass is 361 g/mol. The molecule has 1 unspecified atom stereocenters. The van der Waals surface area contributed by atoms with Gasteiger partial charge in [-0.3, -0.25) is 9.59 Å². The summed E-state index contributed by atoms with van der Waals surface area (Å²) in [4.78, 5) is 25.0. The third-order valence-electron chi connectivity index (χ3n) is 3.50. The van der Waals surface area contributed by atoms with Crippen LogP contribution >= 0.6 is 24.4 Å². The quantitative estimate of drug-likeness (QED) is 0.629. The third kappa shape index (κ3) is 3.68. The number of carbonyl (C=O) groups excluding carboxylic acids is 1. The van der Waals surface area contributed by atoms with Crippen LogP contribution in [0.25, 0.3) is 17.4 Å². The maximum atomic E-state index is 12.4. The average Bonchev–Trinajstić information content (AvgIpc) is 3.13. The lowest BCUT2D eigenvalue weighted by molar-refractivity contribution is -0.137. The first kappa shape index (κ1) is 16.7. The normalized spacial score (nSPS) is 19.2. The molecule has 7 heteroatoms. The number of thioether (sulfide) groups is 1. The molecule has 2 aromatic rings. The van der Waals surface area contributed by atoms with Crippen LogP contribution in [-0.4, -0.2) is 33.1 Å². The Morgan fingerprint density at radius 3 is 2.75 bits per heavy atom. The largest absolute Gasteiger partial charge is 0.481 e. The first-order valence-electron chi connectivity index (χ1n) is 7.29. The fourth-order valence-corrected chi connectivity index (χ4v) is 3.83. The van der Waals surface area contributed by atoms with Gasteiger partial charge in [0.15, 0.2) is 0 Å². The molecule has 0 radical (unpaired) electrons. The van der Waals surface area contributed by atoms with E-state index in [2.05, 4.69) is 12.6 Å². The molecule has 0 saturated carbocycles. The summed E-state index contributed by atoms with van der Waals surface area (Å²) in [5.41, 5.74) is 0.961. The highest BCUT2D eigenvalue weighted by Crippen LogP contribution is 2.38. The van der Waals surface area contributed by atoms with Crippen LogP contribution in [0.5, 0.6) is 0 Å². The average molecular weight is 361 g/mol. The standard InChI is InChI=1S/C17H15NO4S2/c19-15(20)8-9-18-16(21)14(24-17(18)23)10-12-6-7-13(22-12)11-4-2-1-3-5-11/h1-7,10,17,23H,8-9H2,(H,19,20)/b14-10-. The van der Waals surface area contributed by atoms with E-state index in [-0.39, 0.29) is 23.6 Å². The number of carboxylic acids is 1. The van der Waals surface area contributed by atoms with Crippen molar-refractivity contribution in [2.45, 2.75) is 11.1 Å². The minimum Gasteiger partial charge on any atom is -0.481 e. The molecule has 1 aliphatic heterocycles. The third-order valence-corrected chi connectivity index (χ3v) is 5.10.